The van der Waals surface area contributed by atoms with Crippen LogP contribution in [0.2, 0.25) is 0 Å². The van der Waals surface area contributed by atoms with Crippen LogP contribution >= 0.6 is 0 Å². The minimum atomic E-state index is 0.218. The van der Waals surface area contributed by atoms with Gasteiger partial charge in [-0.05, 0) is 48.9 Å². The first kappa shape index (κ1) is 13.0. The SMILES string of the molecule is Cc1ccc2c(c1)CC(Cn1ccc(C(N)C3CC3)c1)O2. The van der Waals surface area contributed by atoms with Crippen LogP contribution in [0, 0.1) is 12.8 Å². The lowest BCUT2D eigenvalue weighted by molar-refractivity contribution is 0.209. The number of ether oxygens (including phenoxy) is 1. The van der Waals surface area contributed by atoms with Gasteiger partial charge in [-0.15, -0.1) is 0 Å². The lowest BCUT2D eigenvalue weighted by atomic mass is 10.1. The third kappa shape index (κ3) is 2.58. The fourth-order valence-electron chi connectivity index (χ4n) is 3.28. The topological polar surface area (TPSA) is 40.2 Å². The highest BCUT2D eigenvalue weighted by Crippen LogP contribution is 2.39. The van der Waals surface area contributed by atoms with Crippen molar-refractivity contribution in [3.63, 3.8) is 0 Å². The lowest BCUT2D eigenvalue weighted by Crippen LogP contribution is -2.20. The molecule has 0 amide bonds. The monoisotopic (exact) mass is 282 g/mol. The summed E-state index contributed by atoms with van der Waals surface area (Å²) in [5.74, 6) is 1.75. The van der Waals surface area contributed by atoms with Crippen LogP contribution in [0.4, 0.5) is 0 Å². The van der Waals surface area contributed by atoms with Gasteiger partial charge in [-0.2, -0.15) is 0 Å². The molecule has 3 heteroatoms. The molecule has 1 aromatic carbocycles. The highest BCUT2D eigenvalue weighted by atomic mass is 16.5. The number of fused-ring (bicyclic) bond motifs is 1. The molecule has 0 saturated heterocycles. The van der Waals surface area contributed by atoms with Gasteiger partial charge in [-0.1, -0.05) is 17.7 Å². The van der Waals surface area contributed by atoms with E-state index in [0.717, 1.165) is 18.7 Å². The Morgan fingerprint density at radius 1 is 1.33 bits per heavy atom. The van der Waals surface area contributed by atoms with Gasteiger partial charge in [0, 0.05) is 24.9 Å². The van der Waals surface area contributed by atoms with Crippen LogP contribution < -0.4 is 10.5 Å². The van der Waals surface area contributed by atoms with Crippen molar-refractivity contribution < 1.29 is 4.74 Å². The molecular weight excluding hydrogens is 260 g/mol. The molecule has 110 valence electrons. The van der Waals surface area contributed by atoms with Crippen molar-refractivity contribution in [3.05, 3.63) is 53.3 Å². The molecule has 0 radical (unpaired) electrons. The highest BCUT2D eigenvalue weighted by molar-refractivity contribution is 5.40. The Balaban J connectivity index is 1.43. The average Bonchev–Trinajstić information content (AvgIpc) is 3.09. The maximum absolute atomic E-state index is 6.26. The number of nitrogens with zero attached hydrogens (tertiary/aromatic N) is 1. The summed E-state index contributed by atoms with van der Waals surface area (Å²) in [6.07, 6.45) is 8.13. The van der Waals surface area contributed by atoms with Gasteiger partial charge in [-0.25, -0.2) is 0 Å². The van der Waals surface area contributed by atoms with Gasteiger partial charge in [0.2, 0.25) is 0 Å². The standard InChI is InChI=1S/C18H22N2O/c1-12-2-5-17-15(8-12)9-16(21-17)11-20-7-6-14(10-20)18(19)13-3-4-13/h2,5-8,10,13,16,18H,3-4,9,11,19H2,1H3. The minimum absolute atomic E-state index is 0.218. The lowest BCUT2D eigenvalue weighted by Gasteiger charge is -2.12. The van der Waals surface area contributed by atoms with Gasteiger partial charge in [0.1, 0.15) is 11.9 Å². The molecular formula is C18H22N2O. The number of rotatable bonds is 4. The average molecular weight is 282 g/mol. The molecule has 4 rings (SSSR count). The molecule has 2 aromatic rings. The van der Waals surface area contributed by atoms with Crippen molar-refractivity contribution in [2.45, 2.75) is 44.9 Å². The van der Waals surface area contributed by atoms with E-state index in [4.69, 9.17) is 10.5 Å². The van der Waals surface area contributed by atoms with Gasteiger partial charge in [0.25, 0.3) is 0 Å². The number of hydrogen-bond acceptors (Lipinski definition) is 2. The molecule has 2 atom stereocenters. The first-order valence-electron chi connectivity index (χ1n) is 7.86. The van der Waals surface area contributed by atoms with Gasteiger partial charge < -0.3 is 15.0 Å². The number of benzene rings is 1. The van der Waals surface area contributed by atoms with Crippen molar-refractivity contribution >= 4 is 0 Å². The third-order valence-corrected chi connectivity index (χ3v) is 4.66. The van der Waals surface area contributed by atoms with Crippen molar-refractivity contribution in [2.24, 2.45) is 11.7 Å². The van der Waals surface area contributed by atoms with Crippen LogP contribution in [-0.4, -0.2) is 10.7 Å². The molecule has 1 aliphatic carbocycles. The summed E-state index contributed by atoms with van der Waals surface area (Å²) >= 11 is 0. The van der Waals surface area contributed by atoms with Gasteiger partial charge in [-0.3, -0.25) is 0 Å². The Morgan fingerprint density at radius 2 is 2.19 bits per heavy atom. The van der Waals surface area contributed by atoms with E-state index in [0.29, 0.717) is 5.92 Å². The summed E-state index contributed by atoms with van der Waals surface area (Å²) in [6, 6.07) is 8.82. The van der Waals surface area contributed by atoms with E-state index in [2.05, 4.69) is 48.1 Å². The Hall–Kier alpha value is -1.74. The van der Waals surface area contributed by atoms with Gasteiger partial charge in [0.15, 0.2) is 0 Å². The summed E-state index contributed by atoms with van der Waals surface area (Å²) in [5.41, 5.74) is 10.2. The summed E-state index contributed by atoms with van der Waals surface area (Å²) in [6.45, 7) is 3.02. The maximum atomic E-state index is 6.26. The second kappa shape index (κ2) is 4.92. The molecule has 0 spiro atoms. The van der Waals surface area contributed by atoms with Crippen LogP contribution in [0.15, 0.2) is 36.7 Å². The van der Waals surface area contributed by atoms with Crippen molar-refractivity contribution in [2.75, 3.05) is 0 Å². The predicted molar refractivity (Wildman–Crippen MR) is 83.4 cm³/mol. The molecule has 2 unspecified atom stereocenters. The summed E-state index contributed by atoms with van der Waals surface area (Å²) < 4.78 is 8.27. The Kier molecular flexibility index (Phi) is 3.03. The number of aromatic nitrogens is 1. The zero-order valence-electron chi connectivity index (χ0n) is 12.5. The van der Waals surface area contributed by atoms with E-state index < -0.39 is 0 Å². The highest BCUT2D eigenvalue weighted by Gasteiger charge is 2.30. The molecule has 1 aromatic heterocycles. The largest absolute Gasteiger partial charge is 0.488 e. The van der Waals surface area contributed by atoms with E-state index in [-0.39, 0.29) is 12.1 Å². The van der Waals surface area contributed by atoms with Crippen LogP contribution in [0.3, 0.4) is 0 Å². The van der Waals surface area contributed by atoms with Crippen LogP contribution in [0.25, 0.3) is 0 Å². The zero-order valence-corrected chi connectivity index (χ0v) is 12.5. The van der Waals surface area contributed by atoms with Gasteiger partial charge >= 0.3 is 0 Å². The van der Waals surface area contributed by atoms with E-state index in [1.165, 1.54) is 29.5 Å². The summed E-state index contributed by atoms with van der Waals surface area (Å²) in [4.78, 5) is 0. The number of nitrogens with two attached hydrogens (primary N) is 1. The summed E-state index contributed by atoms with van der Waals surface area (Å²) in [7, 11) is 0. The van der Waals surface area contributed by atoms with E-state index in [9.17, 15) is 0 Å². The van der Waals surface area contributed by atoms with Crippen molar-refractivity contribution in [1.29, 1.82) is 0 Å². The van der Waals surface area contributed by atoms with E-state index in [1.54, 1.807) is 0 Å². The van der Waals surface area contributed by atoms with Gasteiger partial charge in [0.05, 0.1) is 6.54 Å². The second-order valence-corrected chi connectivity index (χ2v) is 6.56. The molecule has 0 bridgehead atoms. The first-order valence-corrected chi connectivity index (χ1v) is 7.86. The van der Waals surface area contributed by atoms with Crippen LogP contribution in [-0.2, 0) is 13.0 Å². The quantitative estimate of drug-likeness (QED) is 0.935. The molecule has 3 nitrogen and oxygen atoms in total. The zero-order chi connectivity index (χ0) is 14.4. The van der Waals surface area contributed by atoms with E-state index in [1.807, 2.05) is 0 Å². The first-order chi connectivity index (χ1) is 10.2. The smallest absolute Gasteiger partial charge is 0.123 e. The molecule has 2 heterocycles. The summed E-state index contributed by atoms with van der Waals surface area (Å²) in [5, 5.41) is 0. The van der Waals surface area contributed by atoms with Crippen molar-refractivity contribution in [1.82, 2.24) is 4.57 Å². The Bertz CT molecular complexity index is 657. The van der Waals surface area contributed by atoms with Crippen LogP contribution in [0.5, 0.6) is 5.75 Å². The number of hydrogen-bond donors (Lipinski definition) is 1. The molecule has 1 aliphatic heterocycles. The number of aryl methyl sites for hydroxylation is 1. The minimum Gasteiger partial charge on any atom is -0.488 e. The fraction of sp³-hybridized carbons (Fsp3) is 0.444. The second-order valence-electron chi connectivity index (χ2n) is 6.56. The Morgan fingerprint density at radius 3 is 3.00 bits per heavy atom. The molecule has 1 fully saturated rings. The normalized spacial score (nSPS) is 21.9. The fourth-order valence-corrected chi connectivity index (χ4v) is 3.28. The molecule has 1 saturated carbocycles. The molecule has 21 heavy (non-hydrogen) atoms. The maximum Gasteiger partial charge on any atom is 0.123 e. The van der Waals surface area contributed by atoms with Crippen molar-refractivity contribution in [3.8, 4) is 5.75 Å². The molecule has 2 N–H and O–H groups in total. The predicted octanol–water partition coefficient (Wildman–Crippen LogP) is 3.21. The van der Waals surface area contributed by atoms with Crippen LogP contribution in [0.1, 0.15) is 35.6 Å². The van der Waals surface area contributed by atoms with E-state index >= 15 is 0 Å². The third-order valence-electron chi connectivity index (χ3n) is 4.66. The molecule has 2 aliphatic rings. The Labute approximate surface area is 125 Å².